The molecule has 0 saturated carbocycles. The Bertz CT molecular complexity index is 113. The molecule has 0 heterocycles. The Kier molecular flexibility index (Phi) is 8.86. The average molecular weight is 275 g/mol. The molecule has 0 aliphatic rings. The van der Waals surface area contributed by atoms with E-state index in [1.807, 2.05) is 30.3 Å². The van der Waals surface area contributed by atoms with E-state index in [1.54, 1.807) is 0 Å². The Hall–Kier alpha value is 0.973. The first-order chi connectivity index (χ1) is 4.73. The zero-order valence-corrected chi connectivity index (χ0v) is 9.75. The van der Waals surface area contributed by atoms with Gasteiger partial charge in [0, 0.05) is 0 Å². The van der Waals surface area contributed by atoms with Crippen LogP contribution in [0, 0.1) is 6.07 Å². The molecule has 0 nitrogen and oxygen atoms in total. The van der Waals surface area contributed by atoms with Crippen molar-refractivity contribution >= 4 is 25.5 Å². The van der Waals surface area contributed by atoms with Crippen molar-refractivity contribution in [3.05, 3.63) is 36.4 Å². The molecule has 1 rings (SSSR count). The zero-order chi connectivity index (χ0) is 7.82. The fourth-order valence-electron chi connectivity index (χ4n) is 0.342. The van der Waals surface area contributed by atoms with Crippen molar-refractivity contribution in [1.82, 2.24) is 0 Å². The van der Waals surface area contributed by atoms with E-state index in [9.17, 15) is 0 Å². The quantitative estimate of drug-likeness (QED) is 0.635. The number of rotatable bonds is 0. The van der Waals surface area contributed by atoms with Crippen molar-refractivity contribution in [1.29, 1.82) is 0 Å². The third-order valence-corrected chi connectivity index (χ3v) is 0.607. The van der Waals surface area contributed by atoms with Crippen LogP contribution in [0.15, 0.2) is 30.3 Å². The van der Waals surface area contributed by atoms with Gasteiger partial charge in [-0.05, 0) is 0 Å². The molecule has 0 unspecified atom stereocenters. The molecule has 0 N–H and O–H groups in total. The second-order valence-electron chi connectivity index (χ2n) is 1.29. The van der Waals surface area contributed by atoms with Gasteiger partial charge in [0.15, 0.2) is 0 Å². The maximum Gasteiger partial charge on any atom is -0.171 e. The van der Waals surface area contributed by atoms with Crippen molar-refractivity contribution in [2.75, 3.05) is 0 Å². The van der Waals surface area contributed by atoms with Gasteiger partial charge >= 0.3 is 43.7 Å². The van der Waals surface area contributed by atoms with Crippen molar-refractivity contribution in [3.8, 4) is 0 Å². The van der Waals surface area contributed by atoms with Crippen LogP contribution in [0.1, 0.15) is 0 Å². The molecule has 55 valence electrons. The Morgan fingerprint density at radius 1 is 0.900 bits per heavy atom. The predicted octanol–water partition coefficient (Wildman–Crippen LogP) is 3.55. The van der Waals surface area contributed by atoms with Crippen LogP contribution in [0.3, 0.4) is 0 Å². The molecule has 0 aromatic heterocycles. The van der Waals surface area contributed by atoms with Crippen LogP contribution >= 0.6 is 25.5 Å². The summed E-state index contributed by atoms with van der Waals surface area (Å²) < 4.78 is 0. The van der Waals surface area contributed by atoms with Crippen molar-refractivity contribution in [2.24, 2.45) is 0 Å². The van der Waals surface area contributed by atoms with E-state index >= 15 is 0 Å². The summed E-state index contributed by atoms with van der Waals surface area (Å²) in [4.78, 5) is 0. The molecule has 0 saturated heterocycles. The second-order valence-corrected chi connectivity index (χ2v) is 12.5. The largest absolute Gasteiger partial charge is 0.184 e. The SMILES string of the molecule is [Cl][Zr]([Cl])[Cl].[c-]1ccccc1. The average Bonchev–Trinajstić information content (AvgIpc) is 1.90. The molecule has 1 aromatic carbocycles. The van der Waals surface area contributed by atoms with Crippen molar-refractivity contribution in [2.45, 2.75) is 0 Å². The van der Waals surface area contributed by atoms with Gasteiger partial charge in [0.05, 0.1) is 0 Å². The molecular formula is C6H5Cl3Zr-. The molecule has 1 aromatic rings. The van der Waals surface area contributed by atoms with Crippen LogP contribution in [0.25, 0.3) is 0 Å². The van der Waals surface area contributed by atoms with Gasteiger partial charge in [-0.1, -0.05) is 0 Å². The summed E-state index contributed by atoms with van der Waals surface area (Å²) in [7, 11) is 15.0. The van der Waals surface area contributed by atoms with Crippen molar-refractivity contribution in [3.63, 3.8) is 0 Å². The summed E-state index contributed by atoms with van der Waals surface area (Å²) in [6.07, 6.45) is 0. The molecule has 0 atom stereocenters. The minimum atomic E-state index is -2.13. The van der Waals surface area contributed by atoms with Crippen LogP contribution in [0.4, 0.5) is 0 Å². The van der Waals surface area contributed by atoms with E-state index in [0.29, 0.717) is 0 Å². The van der Waals surface area contributed by atoms with Gasteiger partial charge in [-0.25, -0.2) is 0 Å². The number of halogens is 3. The molecular weight excluding hydrogens is 270 g/mol. The molecule has 0 bridgehead atoms. The van der Waals surface area contributed by atoms with E-state index in [2.05, 4.69) is 6.07 Å². The van der Waals surface area contributed by atoms with Crippen molar-refractivity contribution < 1.29 is 18.2 Å². The summed E-state index contributed by atoms with van der Waals surface area (Å²) in [5.74, 6) is 0. The zero-order valence-electron chi connectivity index (χ0n) is 5.02. The van der Waals surface area contributed by atoms with Gasteiger partial charge in [0.25, 0.3) is 0 Å². The number of hydrogen-bond donors (Lipinski definition) is 0. The summed E-state index contributed by atoms with van der Waals surface area (Å²) >= 11 is -2.13. The van der Waals surface area contributed by atoms with Crippen LogP contribution in [-0.2, 0) is 18.2 Å². The van der Waals surface area contributed by atoms with E-state index in [0.717, 1.165) is 0 Å². The Balaban J connectivity index is 0.000000180. The number of hydrogen-bond acceptors (Lipinski definition) is 0. The molecule has 0 radical (unpaired) electrons. The molecule has 4 heteroatoms. The Labute approximate surface area is 79.4 Å². The minimum absolute atomic E-state index is 1.88. The predicted molar refractivity (Wildman–Crippen MR) is 42.8 cm³/mol. The van der Waals surface area contributed by atoms with Gasteiger partial charge in [-0.3, -0.25) is 0 Å². The Morgan fingerprint density at radius 2 is 1.30 bits per heavy atom. The maximum absolute atomic E-state index is 5.00. The fourth-order valence-corrected chi connectivity index (χ4v) is 0.342. The molecule has 0 spiro atoms. The number of benzene rings is 1. The Morgan fingerprint density at radius 3 is 1.40 bits per heavy atom. The summed E-state index contributed by atoms with van der Waals surface area (Å²) in [5.41, 5.74) is 0. The first-order valence-corrected chi connectivity index (χ1v) is 12.0. The topological polar surface area (TPSA) is 0 Å². The first-order valence-electron chi connectivity index (χ1n) is 2.48. The summed E-state index contributed by atoms with van der Waals surface area (Å²) in [5, 5.41) is 0. The normalized spacial score (nSPS) is 7.50. The standard InChI is InChI=1S/C6H5.3ClH.Zr/c1-2-4-6-5-3-1;;;;/h1-5H;3*1H;/q-1;;;;+3/p-3. The van der Waals surface area contributed by atoms with Crippen LogP contribution in [-0.4, -0.2) is 0 Å². The molecule has 10 heavy (non-hydrogen) atoms. The smallest absolute Gasteiger partial charge is 0.171 e. The third-order valence-electron chi connectivity index (χ3n) is 0.607. The first kappa shape index (κ1) is 11.0. The second kappa shape index (κ2) is 8.07. The van der Waals surface area contributed by atoms with E-state index < -0.39 is 18.2 Å². The van der Waals surface area contributed by atoms with Crippen LogP contribution in [0.2, 0.25) is 0 Å². The molecule has 0 aliphatic carbocycles. The summed E-state index contributed by atoms with van der Waals surface area (Å²) in [6, 6.07) is 12.5. The third kappa shape index (κ3) is 11.7. The summed E-state index contributed by atoms with van der Waals surface area (Å²) in [6.45, 7) is 0. The van der Waals surface area contributed by atoms with Gasteiger partial charge in [0.2, 0.25) is 0 Å². The van der Waals surface area contributed by atoms with Gasteiger partial charge in [-0.15, -0.1) is 0 Å². The van der Waals surface area contributed by atoms with Gasteiger partial charge < -0.3 is 0 Å². The molecule has 0 aliphatic heterocycles. The van der Waals surface area contributed by atoms with Crippen LogP contribution < -0.4 is 0 Å². The monoisotopic (exact) mass is 272 g/mol. The maximum atomic E-state index is 5.00. The van der Waals surface area contributed by atoms with Crippen LogP contribution in [0.5, 0.6) is 0 Å². The van der Waals surface area contributed by atoms with Gasteiger partial charge in [0.1, 0.15) is 0 Å². The molecule has 0 amide bonds. The van der Waals surface area contributed by atoms with E-state index in [1.165, 1.54) is 0 Å². The molecule has 0 fully saturated rings. The minimum Gasteiger partial charge on any atom is -0.184 e. The van der Waals surface area contributed by atoms with E-state index in [4.69, 9.17) is 25.5 Å². The van der Waals surface area contributed by atoms with Gasteiger partial charge in [-0.2, -0.15) is 36.4 Å². The fraction of sp³-hybridized carbons (Fsp3) is 0. The van der Waals surface area contributed by atoms with E-state index in [-0.39, 0.29) is 0 Å².